The lowest BCUT2D eigenvalue weighted by molar-refractivity contribution is -0.00800. The molecular formula is C10H16ClNOS. The fraction of sp³-hybridized carbons (Fsp3) is 0.600. The number of likely N-dealkylation sites (N-methyl/N-ethyl adjacent to an activating group) is 1. The Bertz CT molecular complexity index is 298. The van der Waals surface area contributed by atoms with Crippen LogP contribution in [0.5, 0.6) is 0 Å². The summed E-state index contributed by atoms with van der Waals surface area (Å²) < 4.78 is 6.27. The Kier molecular flexibility index (Phi) is 3.95. The molecule has 0 bridgehead atoms. The molecule has 14 heavy (non-hydrogen) atoms. The molecule has 0 aliphatic heterocycles. The van der Waals surface area contributed by atoms with E-state index in [1.807, 2.05) is 19.2 Å². The zero-order valence-electron chi connectivity index (χ0n) is 8.93. The highest BCUT2D eigenvalue weighted by molar-refractivity contribution is 7.16. The van der Waals surface area contributed by atoms with E-state index in [1.54, 1.807) is 18.4 Å². The van der Waals surface area contributed by atoms with E-state index in [4.69, 9.17) is 16.3 Å². The molecule has 1 aromatic rings. The molecule has 1 unspecified atom stereocenters. The van der Waals surface area contributed by atoms with Crippen molar-refractivity contribution in [1.29, 1.82) is 0 Å². The highest BCUT2D eigenvalue weighted by atomic mass is 35.5. The van der Waals surface area contributed by atoms with E-state index in [0.717, 1.165) is 4.34 Å². The second-order valence-electron chi connectivity index (χ2n) is 3.67. The molecule has 0 saturated carbocycles. The first-order valence-electron chi connectivity index (χ1n) is 4.49. The van der Waals surface area contributed by atoms with Crippen LogP contribution in [0.2, 0.25) is 4.34 Å². The molecule has 1 aromatic heterocycles. The molecule has 0 spiro atoms. The van der Waals surface area contributed by atoms with Gasteiger partial charge in [0, 0.05) is 12.0 Å². The normalized spacial score (nSPS) is 14.4. The van der Waals surface area contributed by atoms with Crippen molar-refractivity contribution in [3.63, 3.8) is 0 Å². The molecule has 0 saturated heterocycles. The first-order valence-corrected chi connectivity index (χ1v) is 5.68. The van der Waals surface area contributed by atoms with E-state index in [2.05, 4.69) is 19.2 Å². The highest BCUT2D eigenvalue weighted by Crippen LogP contribution is 2.34. The molecule has 0 fully saturated rings. The number of ether oxygens (including phenoxy) is 1. The molecular weight excluding hydrogens is 218 g/mol. The third kappa shape index (κ3) is 2.48. The lowest BCUT2D eigenvalue weighted by atomic mass is 9.97. The van der Waals surface area contributed by atoms with E-state index >= 15 is 0 Å². The Balaban J connectivity index is 2.92. The van der Waals surface area contributed by atoms with Crippen molar-refractivity contribution in [2.45, 2.75) is 25.5 Å². The first kappa shape index (κ1) is 12.0. The van der Waals surface area contributed by atoms with Crippen LogP contribution in [-0.4, -0.2) is 19.8 Å². The molecule has 0 radical (unpaired) electrons. The average molecular weight is 234 g/mol. The maximum Gasteiger partial charge on any atom is 0.0931 e. The van der Waals surface area contributed by atoms with Crippen LogP contribution < -0.4 is 5.32 Å². The third-order valence-corrected chi connectivity index (χ3v) is 3.68. The van der Waals surface area contributed by atoms with Crippen molar-refractivity contribution in [2.24, 2.45) is 0 Å². The molecule has 1 rings (SSSR count). The van der Waals surface area contributed by atoms with Crippen LogP contribution >= 0.6 is 22.9 Å². The van der Waals surface area contributed by atoms with Gasteiger partial charge in [0.05, 0.1) is 16.0 Å². The topological polar surface area (TPSA) is 21.3 Å². The van der Waals surface area contributed by atoms with Gasteiger partial charge in [-0.2, -0.15) is 0 Å². The second-order valence-corrected chi connectivity index (χ2v) is 5.42. The lowest BCUT2D eigenvalue weighted by Gasteiger charge is -2.32. The molecule has 2 nitrogen and oxygen atoms in total. The Morgan fingerprint density at radius 2 is 2.14 bits per heavy atom. The van der Waals surface area contributed by atoms with Gasteiger partial charge in [-0.15, -0.1) is 11.3 Å². The van der Waals surface area contributed by atoms with Gasteiger partial charge in [-0.25, -0.2) is 0 Å². The Morgan fingerprint density at radius 1 is 1.50 bits per heavy atom. The molecule has 4 heteroatoms. The first-order chi connectivity index (χ1) is 6.51. The van der Waals surface area contributed by atoms with Gasteiger partial charge in [0.2, 0.25) is 0 Å². The van der Waals surface area contributed by atoms with Crippen LogP contribution in [0, 0.1) is 0 Å². The zero-order valence-corrected chi connectivity index (χ0v) is 10.5. The fourth-order valence-corrected chi connectivity index (χ4v) is 2.78. The maximum absolute atomic E-state index is 5.90. The number of methoxy groups -OCH3 is 1. The van der Waals surface area contributed by atoms with E-state index in [9.17, 15) is 0 Å². The zero-order chi connectivity index (χ0) is 10.8. The van der Waals surface area contributed by atoms with Crippen molar-refractivity contribution in [1.82, 2.24) is 5.32 Å². The van der Waals surface area contributed by atoms with Crippen LogP contribution in [0.4, 0.5) is 0 Å². The Morgan fingerprint density at radius 3 is 2.50 bits per heavy atom. The summed E-state index contributed by atoms with van der Waals surface area (Å²) in [4.78, 5) is 1.20. The summed E-state index contributed by atoms with van der Waals surface area (Å²) in [6.45, 7) is 4.11. The smallest absolute Gasteiger partial charge is 0.0931 e. The van der Waals surface area contributed by atoms with Gasteiger partial charge in [0.25, 0.3) is 0 Å². The van der Waals surface area contributed by atoms with Crippen molar-refractivity contribution >= 4 is 22.9 Å². The van der Waals surface area contributed by atoms with Gasteiger partial charge in [-0.1, -0.05) is 11.6 Å². The minimum atomic E-state index is -0.233. The maximum atomic E-state index is 5.90. The molecule has 80 valence electrons. The summed E-state index contributed by atoms with van der Waals surface area (Å²) in [5, 5.41) is 3.25. The van der Waals surface area contributed by atoms with Crippen molar-refractivity contribution in [3.8, 4) is 0 Å². The molecule has 0 aliphatic rings. The summed E-state index contributed by atoms with van der Waals surface area (Å²) in [6.07, 6.45) is 0. The van der Waals surface area contributed by atoms with Crippen molar-refractivity contribution in [3.05, 3.63) is 21.3 Å². The summed E-state index contributed by atoms with van der Waals surface area (Å²) in [6, 6.07) is 4.12. The Hall–Kier alpha value is -0.0900. The minimum absolute atomic E-state index is 0.171. The highest BCUT2D eigenvalue weighted by Gasteiger charge is 2.30. The largest absolute Gasteiger partial charge is 0.377 e. The second kappa shape index (κ2) is 4.62. The fourth-order valence-electron chi connectivity index (χ4n) is 1.43. The number of hydrogen-bond donors (Lipinski definition) is 1. The SMILES string of the molecule is CNC(c1ccc(Cl)s1)C(C)(C)OC. The van der Waals surface area contributed by atoms with E-state index in [-0.39, 0.29) is 11.6 Å². The quantitative estimate of drug-likeness (QED) is 0.863. The van der Waals surface area contributed by atoms with Gasteiger partial charge in [0.1, 0.15) is 0 Å². The predicted molar refractivity (Wildman–Crippen MR) is 62.2 cm³/mol. The molecule has 0 amide bonds. The van der Waals surface area contributed by atoms with Gasteiger partial charge in [0.15, 0.2) is 0 Å². The van der Waals surface area contributed by atoms with Crippen LogP contribution in [0.3, 0.4) is 0 Å². The standard InChI is InChI=1S/C10H16ClNOS/c1-10(2,13-4)9(12-3)7-5-6-8(11)14-7/h5-6,9,12H,1-4H3. The lowest BCUT2D eigenvalue weighted by Crippen LogP contribution is -2.38. The van der Waals surface area contributed by atoms with Crippen LogP contribution in [0.15, 0.2) is 12.1 Å². The predicted octanol–water partition coefficient (Wildman–Crippen LogP) is 3.09. The number of hydrogen-bond acceptors (Lipinski definition) is 3. The van der Waals surface area contributed by atoms with Gasteiger partial charge in [-0.3, -0.25) is 0 Å². The molecule has 1 N–H and O–H groups in total. The number of halogens is 1. The minimum Gasteiger partial charge on any atom is -0.377 e. The van der Waals surface area contributed by atoms with Crippen molar-refractivity contribution in [2.75, 3.05) is 14.2 Å². The molecule has 0 aromatic carbocycles. The van der Waals surface area contributed by atoms with E-state index in [1.165, 1.54) is 4.88 Å². The summed E-state index contributed by atoms with van der Waals surface area (Å²) in [5.74, 6) is 0. The summed E-state index contributed by atoms with van der Waals surface area (Å²) in [7, 11) is 3.65. The van der Waals surface area contributed by atoms with Gasteiger partial charge in [-0.05, 0) is 33.0 Å². The monoisotopic (exact) mass is 233 g/mol. The number of thiophene rings is 1. The number of rotatable bonds is 4. The van der Waals surface area contributed by atoms with Gasteiger partial charge >= 0.3 is 0 Å². The van der Waals surface area contributed by atoms with E-state index in [0.29, 0.717) is 0 Å². The van der Waals surface area contributed by atoms with Crippen LogP contribution in [0.25, 0.3) is 0 Å². The third-order valence-electron chi connectivity index (χ3n) is 2.39. The average Bonchev–Trinajstić information content (AvgIpc) is 2.53. The molecule has 0 aliphatic carbocycles. The Labute approximate surface area is 94.2 Å². The summed E-state index contributed by atoms with van der Waals surface area (Å²) >= 11 is 7.49. The molecule has 1 atom stereocenters. The van der Waals surface area contributed by atoms with Crippen molar-refractivity contribution < 1.29 is 4.74 Å². The van der Waals surface area contributed by atoms with Crippen LogP contribution in [0.1, 0.15) is 24.8 Å². The van der Waals surface area contributed by atoms with Gasteiger partial charge < -0.3 is 10.1 Å². The van der Waals surface area contributed by atoms with Crippen LogP contribution in [-0.2, 0) is 4.74 Å². The summed E-state index contributed by atoms with van der Waals surface area (Å²) in [5.41, 5.74) is -0.233. The van der Waals surface area contributed by atoms with E-state index < -0.39 is 0 Å². The number of nitrogens with one attached hydrogen (secondary N) is 1. The molecule has 1 heterocycles.